The summed E-state index contributed by atoms with van der Waals surface area (Å²) in [5, 5.41) is 14.3. The van der Waals surface area contributed by atoms with Crippen LogP contribution in [0.2, 0.25) is 0 Å². The number of rotatable bonds is 3. The van der Waals surface area contributed by atoms with E-state index in [1.165, 1.54) is 11.1 Å². The fourth-order valence-electron chi connectivity index (χ4n) is 2.33. The average molecular weight is 250 g/mol. The lowest BCUT2D eigenvalue weighted by Crippen LogP contribution is -2.04. The molecule has 0 saturated heterocycles. The first-order valence-electron chi connectivity index (χ1n) is 6.24. The molecule has 1 aromatic carbocycles. The maximum absolute atomic E-state index is 8.97. The molecule has 0 amide bonds. The lowest BCUT2D eigenvalue weighted by molar-refractivity contribution is 0.649. The van der Waals surface area contributed by atoms with E-state index in [9.17, 15) is 0 Å². The molecule has 0 spiro atoms. The Morgan fingerprint density at radius 3 is 2.89 bits per heavy atom. The number of fused-ring (bicyclic) bond motifs is 1. The fourth-order valence-corrected chi connectivity index (χ4v) is 2.33. The predicted molar refractivity (Wildman–Crippen MR) is 73.6 cm³/mol. The Kier molecular flexibility index (Phi) is 2.81. The summed E-state index contributed by atoms with van der Waals surface area (Å²) in [6.07, 6.45) is 4.82. The molecule has 4 heteroatoms. The summed E-state index contributed by atoms with van der Waals surface area (Å²) < 4.78 is 4.08. The number of nitriles is 1. The summed E-state index contributed by atoms with van der Waals surface area (Å²) in [5.41, 5.74) is 3.02. The largest absolute Gasteiger partial charge is 0.347 e. The zero-order chi connectivity index (χ0) is 13.2. The number of hydrogen-bond acceptors (Lipinski definition) is 2. The lowest BCUT2D eigenvalue weighted by atomic mass is 10.2. The maximum atomic E-state index is 8.97. The van der Waals surface area contributed by atoms with Gasteiger partial charge in [-0.1, -0.05) is 6.07 Å². The molecule has 0 aliphatic rings. The van der Waals surface area contributed by atoms with Crippen molar-refractivity contribution in [3.8, 4) is 6.07 Å². The van der Waals surface area contributed by atoms with E-state index in [2.05, 4.69) is 28.0 Å². The monoisotopic (exact) mass is 250 g/mol. The second-order valence-corrected chi connectivity index (χ2v) is 4.59. The molecule has 19 heavy (non-hydrogen) atoms. The molecule has 4 nitrogen and oxygen atoms in total. The van der Waals surface area contributed by atoms with Crippen LogP contribution in [-0.2, 0) is 20.0 Å². The van der Waals surface area contributed by atoms with E-state index in [1.807, 2.05) is 42.2 Å². The number of hydrogen-bond donors (Lipinski definition) is 0. The molecule has 0 aliphatic heterocycles. The maximum Gasteiger partial charge on any atom is 0.0992 e. The number of nitrogens with zero attached hydrogens (tertiary/aromatic N) is 4. The highest BCUT2D eigenvalue weighted by Crippen LogP contribution is 2.18. The smallest absolute Gasteiger partial charge is 0.0992 e. The van der Waals surface area contributed by atoms with E-state index in [1.54, 1.807) is 0 Å². The quantitative estimate of drug-likeness (QED) is 0.717. The van der Waals surface area contributed by atoms with Gasteiger partial charge in [-0.2, -0.15) is 10.4 Å². The molecular weight excluding hydrogens is 236 g/mol. The van der Waals surface area contributed by atoms with Crippen LogP contribution in [-0.4, -0.2) is 14.3 Å². The Hall–Kier alpha value is -2.54. The topological polar surface area (TPSA) is 46.5 Å². The molecule has 3 rings (SSSR count). The lowest BCUT2D eigenvalue weighted by Gasteiger charge is -2.06. The van der Waals surface area contributed by atoms with Crippen LogP contribution < -0.4 is 0 Å². The van der Waals surface area contributed by atoms with Gasteiger partial charge in [-0.3, -0.25) is 4.68 Å². The van der Waals surface area contributed by atoms with Gasteiger partial charge in [0.05, 0.1) is 11.6 Å². The van der Waals surface area contributed by atoms with E-state index < -0.39 is 0 Å². The van der Waals surface area contributed by atoms with Crippen LogP contribution in [0.1, 0.15) is 11.3 Å². The molecule has 0 unspecified atom stereocenters. The highest BCUT2D eigenvalue weighted by Gasteiger charge is 2.04. The second-order valence-electron chi connectivity index (χ2n) is 4.59. The first kappa shape index (κ1) is 11.5. The van der Waals surface area contributed by atoms with Crippen molar-refractivity contribution in [1.29, 1.82) is 5.26 Å². The van der Waals surface area contributed by atoms with Crippen molar-refractivity contribution >= 4 is 10.9 Å². The van der Waals surface area contributed by atoms with Crippen LogP contribution in [0.3, 0.4) is 0 Å². The molecule has 0 N–H and O–H groups in total. The van der Waals surface area contributed by atoms with E-state index in [4.69, 9.17) is 5.26 Å². The third-order valence-electron chi connectivity index (χ3n) is 3.43. The Balaban J connectivity index is 1.89. The molecule has 94 valence electrons. The minimum absolute atomic E-state index is 0.702. The van der Waals surface area contributed by atoms with E-state index in [-0.39, 0.29) is 0 Å². The van der Waals surface area contributed by atoms with Gasteiger partial charge >= 0.3 is 0 Å². The van der Waals surface area contributed by atoms with Gasteiger partial charge in [-0.25, -0.2) is 0 Å². The average Bonchev–Trinajstić information content (AvgIpc) is 3.02. The van der Waals surface area contributed by atoms with Crippen LogP contribution in [0.5, 0.6) is 0 Å². The highest BCUT2D eigenvalue weighted by molar-refractivity contribution is 5.81. The van der Waals surface area contributed by atoms with Gasteiger partial charge in [0.15, 0.2) is 0 Å². The van der Waals surface area contributed by atoms with Gasteiger partial charge in [0.25, 0.3) is 0 Å². The summed E-state index contributed by atoms with van der Waals surface area (Å²) in [6.45, 7) is 0.887. The molecule has 0 bridgehead atoms. The second kappa shape index (κ2) is 4.62. The molecule has 0 saturated carbocycles. The number of aryl methyl sites for hydroxylation is 3. The summed E-state index contributed by atoms with van der Waals surface area (Å²) in [5.74, 6) is 0. The molecule has 0 atom stereocenters. The highest BCUT2D eigenvalue weighted by atomic mass is 15.3. The third kappa shape index (κ3) is 2.11. The molecule has 2 aromatic heterocycles. The van der Waals surface area contributed by atoms with Crippen LogP contribution in [0, 0.1) is 11.3 Å². The van der Waals surface area contributed by atoms with Gasteiger partial charge < -0.3 is 4.57 Å². The van der Waals surface area contributed by atoms with Gasteiger partial charge in [0.2, 0.25) is 0 Å². The zero-order valence-corrected chi connectivity index (χ0v) is 10.7. The minimum atomic E-state index is 0.702. The third-order valence-corrected chi connectivity index (χ3v) is 3.43. The zero-order valence-electron chi connectivity index (χ0n) is 10.7. The van der Waals surface area contributed by atoms with Gasteiger partial charge in [0, 0.05) is 43.6 Å². The van der Waals surface area contributed by atoms with E-state index >= 15 is 0 Å². The molecule has 2 heterocycles. The van der Waals surface area contributed by atoms with Crippen LogP contribution in [0.15, 0.2) is 42.7 Å². The standard InChI is InChI=1S/C15H14N4/c1-18-14(4-7-17-18)6-9-19-8-5-13-3-2-12(11-16)10-15(13)19/h2-5,7-8,10H,6,9H2,1H3. The van der Waals surface area contributed by atoms with E-state index in [0.29, 0.717) is 5.56 Å². The Bertz CT molecular complexity index is 758. The van der Waals surface area contributed by atoms with E-state index in [0.717, 1.165) is 18.5 Å². The summed E-state index contributed by atoms with van der Waals surface area (Å²) >= 11 is 0. The van der Waals surface area contributed by atoms with Crippen molar-refractivity contribution in [2.45, 2.75) is 13.0 Å². The van der Waals surface area contributed by atoms with Crippen molar-refractivity contribution in [2.24, 2.45) is 7.05 Å². The number of aromatic nitrogens is 3. The van der Waals surface area contributed by atoms with Crippen molar-refractivity contribution in [3.05, 3.63) is 54.0 Å². The predicted octanol–water partition coefficient (Wildman–Crippen LogP) is 2.49. The van der Waals surface area contributed by atoms with Crippen molar-refractivity contribution in [1.82, 2.24) is 14.3 Å². The first-order valence-corrected chi connectivity index (χ1v) is 6.24. The van der Waals surface area contributed by atoms with Crippen molar-refractivity contribution < 1.29 is 0 Å². The molecule has 0 aliphatic carbocycles. The SMILES string of the molecule is Cn1nccc1CCn1ccc2ccc(C#N)cc21. The number of benzene rings is 1. The van der Waals surface area contributed by atoms with Gasteiger partial charge in [-0.05, 0) is 29.7 Å². The molecular formula is C15H14N4. The van der Waals surface area contributed by atoms with Crippen molar-refractivity contribution in [3.63, 3.8) is 0 Å². The summed E-state index contributed by atoms with van der Waals surface area (Å²) in [7, 11) is 1.96. The Morgan fingerprint density at radius 1 is 1.26 bits per heavy atom. The normalized spacial score (nSPS) is 10.7. The molecule has 0 radical (unpaired) electrons. The first-order chi connectivity index (χ1) is 9.28. The van der Waals surface area contributed by atoms with Crippen LogP contribution in [0.25, 0.3) is 10.9 Å². The summed E-state index contributed by atoms with van der Waals surface area (Å²) in [6, 6.07) is 12.1. The van der Waals surface area contributed by atoms with Crippen LogP contribution >= 0.6 is 0 Å². The summed E-state index contributed by atoms with van der Waals surface area (Å²) in [4.78, 5) is 0. The van der Waals surface area contributed by atoms with Crippen molar-refractivity contribution in [2.75, 3.05) is 0 Å². The van der Waals surface area contributed by atoms with Crippen LogP contribution in [0.4, 0.5) is 0 Å². The Labute approximate surface area is 111 Å². The van der Waals surface area contributed by atoms with Gasteiger partial charge in [-0.15, -0.1) is 0 Å². The fraction of sp³-hybridized carbons (Fsp3) is 0.200. The minimum Gasteiger partial charge on any atom is -0.347 e. The van der Waals surface area contributed by atoms with Gasteiger partial charge in [0.1, 0.15) is 0 Å². The molecule has 3 aromatic rings. The molecule has 0 fully saturated rings. The Morgan fingerprint density at radius 2 is 2.16 bits per heavy atom.